The van der Waals surface area contributed by atoms with Gasteiger partial charge in [-0.25, -0.2) is 8.42 Å². The Balaban J connectivity index is 2.42. The molecule has 1 N–H and O–H groups in total. The van der Waals surface area contributed by atoms with Crippen molar-refractivity contribution in [2.45, 2.75) is 33.4 Å². The van der Waals surface area contributed by atoms with Crippen molar-refractivity contribution in [2.24, 2.45) is 0 Å². The van der Waals surface area contributed by atoms with Gasteiger partial charge in [0.15, 0.2) is 14.6 Å². The Morgan fingerprint density at radius 1 is 1.38 bits per heavy atom. The Bertz CT molecular complexity index is 788. The molecule has 2 aromatic rings. The van der Waals surface area contributed by atoms with E-state index in [1.54, 1.807) is 6.92 Å². The molecule has 0 saturated heterocycles. The van der Waals surface area contributed by atoms with E-state index in [9.17, 15) is 8.42 Å². The van der Waals surface area contributed by atoms with Crippen LogP contribution in [0.25, 0.3) is 11.0 Å². The highest BCUT2D eigenvalue weighted by molar-refractivity contribution is 7.91. The monoisotopic (exact) mass is 328 g/mol. The summed E-state index contributed by atoms with van der Waals surface area (Å²) in [4.78, 5) is 3.11. The van der Waals surface area contributed by atoms with E-state index in [4.69, 9.17) is 17.0 Å². The van der Waals surface area contributed by atoms with Crippen LogP contribution in [-0.2, 0) is 16.4 Å². The molecular formula is C14H20N2O3S2. The van der Waals surface area contributed by atoms with E-state index < -0.39 is 9.84 Å². The molecule has 0 amide bonds. The van der Waals surface area contributed by atoms with E-state index in [1.807, 2.05) is 36.6 Å². The Hall–Kier alpha value is -1.34. The summed E-state index contributed by atoms with van der Waals surface area (Å²) in [5.41, 5.74) is 1.68. The molecule has 7 heteroatoms. The highest BCUT2D eigenvalue weighted by Gasteiger charge is 2.13. The third-order valence-corrected chi connectivity index (χ3v) is 5.21. The maximum Gasteiger partial charge on any atom is 0.178 e. The molecule has 0 saturated carbocycles. The first-order chi connectivity index (χ1) is 9.84. The Kier molecular flexibility index (Phi) is 4.73. The van der Waals surface area contributed by atoms with Crippen LogP contribution in [0.3, 0.4) is 0 Å². The van der Waals surface area contributed by atoms with Crippen LogP contribution in [0.4, 0.5) is 0 Å². The number of ether oxygens (including phenoxy) is 1. The fourth-order valence-corrected chi connectivity index (χ4v) is 3.14. The van der Waals surface area contributed by atoms with Crippen LogP contribution in [0, 0.1) is 4.77 Å². The number of fused-ring (bicyclic) bond motifs is 1. The van der Waals surface area contributed by atoms with Crippen molar-refractivity contribution in [1.82, 2.24) is 9.55 Å². The minimum Gasteiger partial charge on any atom is -0.489 e. The van der Waals surface area contributed by atoms with Gasteiger partial charge >= 0.3 is 0 Å². The summed E-state index contributed by atoms with van der Waals surface area (Å²) < 4.78 is 31.4. The number of benzene rings is 1. The lowest BCUT2D eigenvalue weighted by Gasteiger charge is -2.10. The first kappa shape index (κ1) is 16.0. The number of hydrogen-bond donors (Lipinski definition) is 1. The number of aryl methyl sites for hydroxylation is 1. The maximum atomic E-state index is 11.7. The Morgan fingerprint density at radius 3 is 2.71 bits per heavy atom. The first-order valence-corrected chi connectivity index (χ1v) is 9.15. The van der Waals surface area contributed by atoms with Gasteiger partial charge in [0.25, 0.3) is 0 Å². The van der Waals surface area contributed by atoms with Gasteiger partial charge in [0.05, 0.1) is 17.4 Å². The minimum atomic E-state index is -3.02. The Morgan fingerprint density at radius 2 is 2.10 bits per heavy atom. The molecule has 1 aromatic heterocycles. The fourth-order valence-electron chi connectivity index (χ4n) is 2.10. The standard InChI is InChI=1S/C14H20N2O3S2/c1-4-21(17,18)9-8-16-11-6-5-7-12(19-10(2)3)13(11)15-14(16)20/h5-7,10H,4,8-9H2,1-3H3,(H,15,20). The van der Waals surface area contributed by atoms with Crippen LogP contribution < -0.4 is 4.74 Å². The van der Waals surface area contributed by atoms with E-state index >= 15 is 0 Å². The molecule has 0 radical (unpaired) electrons. The van der Waals surface area contributed by atoms with Gasteiger partial charge < -0.3 is 14.3 Å². The van der Waals surface area contributed by atoms with Gasteiger partial charge in [-0.15, -0.1) is 0 Å². The fraction of sp³-hybridized carbons (Fsp3) is 0.500. The molecule has 0 bridgehead atoms. The summed E-state index contributed by atoms with van der Waals surface area (Å²) >= 11 is 5.31. The van der Waals surface area contributed by atoms with Crippen molar-refractivity contribution in [3.8, 4) is 5.75 Å². The number of para-hydroxylation sites is 1. The van der Waals surface area contributed by atoms with Crippen LogP contribution in [-0.4, -0.2) is 35.6 Å². The second-order valence-electron chi connectivity index (χ2n) is 5.14. The van der Waals surface area contributed by atoms with Crippen molar-refractivity contribution >= 4 is 33.1 Å². The summed E-state index contributed by atoms with van der Waals surface area (Å²) in [7, 11) is -3.02. The van der Waals surface area contributed by atoms with Crippen molar-refractivity contribution in [3.63, 3.8) is 0 Å². The van der Waals surface area contributed by atoms with Crippen molar-refractivity contribution < 1.29 is 13.2 Å². The lowest BCUT2D eigenvalue weighted by molar-refractivity contribution is 0.245. The predicted molar refractivity (Wildman–Crippen MR) is 87.2 cm³/mol. The third kappa shape index (κ3) is 3.65. The lowest BCUT2D eigenvalue weighted by atomic mass is 10.3. The zero-order valence-electron chi connectivity index (χ0n) is 12.4. The normalized spacial score (nSPS) is 12.2. The highest BCUT2D eigenvalue weighted by atomic mass is 32.2. The molecule has 5 nitrogen and oxygen atoms in total. The molecule has 0 spiro atoms. The largest absolute Gasteiger partial charge is 0.489 e. The van der Waals surface area contributed by atoms with E-state index in [1.165, 1.54) is 0 Å². The van der Waals surface area contributed by atoms with E-state index in [-0.39, 0.29) is 17.6 Å². The highest BCUT2D eigenvalue weighted by Crippen LogP contribution is 2.25. The third-order valence-electron chi connectivity index (χ3n) is 3.20. The Labute approximate surface area is 129 Å². The second kappa shape index (κ2) is 6.19. The number of H-pyrrole nitrogens is 1. The average molecular weight is 328 g/mol. The zero-order chi connectivity index (χ0) is 15.6. The van der Waals surface area contributed by atoms with Crippen molar-refractivity contribution in [3.05, 3.63) is 23.0 Å². The molecular weight excluding hydrogens is 308 g/mol. The smallest absolute Gasteiger partial charge is 0.178 e. The van der Waals surface area contributed by atoms with Gasteiger partial charge in [-0.1, -0.05) is 13.0 Å². The number of nitrogens with one attached hydrogen (secondary N) is 1. The van der Waals surface area contributed by atoms with Crippen LogP contribution in [0.2, 0.25) is 0 Å². The molecule has 2 rings (SSSR count). The number of nitrogens with zero attached hydrogens (tertiary/aromatic N) is 1. The molecule has 0 fully saturated rings. The summed E-state index contributed by atoms with van der Waals surface area (Å²) in [6.07, 6.45) is 0.0568. The van der Waals surface area contributed by atoms with Gasteiger partial charge in [0.2, 0.25) is 0 Å². The predicted octanol–water partition coefficient (Wildman–Crippen LogP) is 2.92. The number of rotatable bonds is 6. The summed E-state index contributed by atoms with van der Waals surface area (Å²) in [6, 6.07) is 5.67. The topological polar surface area (TPSA) is 64.1 Å². The zero-order valence-corrected chi connectivity index (χ0v) is 14.1. The van der Waals surface area contributed by atoms with Crippen molar-refractivity contribution in [1.29, 1.82) is 0 Å². The van der Waals surface area contributed by atoms with Crippen LogP contribution in [0.1, 0.15) is 20.8 Å². The van der Waals surface area contributed by atoms with Gasteiger partial charge in [0.1, 0.15) is 11.3 Å². The number of aromatic amines is 1. The molecule has 0 unspecified atom stereocenters. The van der Waals surface area contributed by atoms with E-state index in [0.29, 0.717) is 11.3 Å². The maximum absolute atomic E-state index is 11.7. The van der Waals surface area contributed by atoms with Crippen LogP contribution in [0.5, 0.6) is 5.75 Å². The van der Waals surface area contributed by atoms with Crippen molar-refractivity contribution in [2.75, 3.05) is 11.5 Å². The van der Waals surface area contributed by atoms with E-state index in [0.717, 1.165) is 16.8 Å². The number of imidazole rings is 1. The van der Waals surface area contributed by atoms with Gasteiger partial charge in [0, 0.05) is 12.3 Å². The second-order valence-corrected chi connectivity index (χ2v) is 7.99. The average Bonchev–Trinajstić information content (AvgIpc) is 2.73. The molecule has 1 heterocycles. The van der Waals surface area contributed by atoms with Gasteiger partial charge in [-0.05, 0) is 38.2 Å². The summed E-state index contributed by atoms with van der Waals surface area (Å²) in [6.45, 7) is 5.91. The van der Waals surface area contributed by atoms with Crippen LogP contribution in [0.15, 0.2) is 18.2 Å². The number of aromatic nitrogens is 2. The molecule has 116 valence electrons. The minimum absolute atomic E-state index is 0.0568. The van der Waals surface area contributed by atoms with Gasteiger partial charge in [-0.2, -0.15) is 0 Å². The van der Waals surface area contributed by atoms with Gasteiger partial charge in [-0.3, -0.25) is 0 Å². The first-order valence-electron chi connectivity index (χ1n) is 6.92. The molecule has 0 atom stereocenters. The van der Waals surface area contributed by atoms with E-state index in [2.05, 4.69) is 4.98 Å². The summed E-state index contributed by atoms with van der Waals surface area (Å²) in [5.74, 6) is 0.954. The molecule has 1 aromatic carbocycles. The van der Waals surface area contributed by atoms with Crippen LogP contribution >= 0.6 is 12.2 Å². The molecule has 0 aliphatic rings. The number of hydrogen-bond acceptors (Lipinski definition) is 4. The summed E-state index contributed by atoms with van der Waals surface area (Å²) in [5, 5.41) is 0. The molecule has 0 aliphatic heterocycles. The molecule has 21 heavy (non-hydrogen) atoms. The SMILES string of the molecule is CCS(=O)(=O)CCn1c(=S)[nH]c2c(OC(C)C)cccc21. The lowest BCUT2D eigenvalue weighted by Crippen LogP contribution is -2.14. The molecule has 0 aliphatic carbocycles. The quantitative estimate of drug-likeness (QED) is 0.828. The number of sulfone groups is 1.